The third kappa shape index (κ3) is 3.00. The van der Waals surface area contributed by atoms with Gasteiger partial charge >= 0.3 is 0 Å². The Kier molecular flexibility index (Phi) is 4.18. The number of allylic oxidation sites excluding steroid dienone is 4. The molecule has 0 amide bonds. The first-order valence-corrected chi connectivity index (χ1v) is 12.1. The molecule has 1 atom stereocenters. The van der Waals surface area contributed by atoms with Crippen LogP contribution >= 0.6 is 11.3 Å². The van der Waals surface area contributed by atoms with E-state index in [9.17, 15) is 0 Å². The molecule has 33 heavy (non-hydrogen) atoms. The maximum absolute atomic E-state index is 5.09. The van der Waals surface area contributed by atoms with Gasteiger partial charge in [-0.05, 0) is 35.8 Å². The average Bonchev–Trinajstić information content (AvgIpc) is 3.27. The topological polar surface area (TPSA) is 25.8 Å². The maximum Gasteiger partial charge on any atom is 0.0971 e. The molecule has 6 aromatic rings. The van der Waals surface area contributed by atoms with Gasteiger partial charge < -0.3 is 0 Å². The molecule has 3 heterocycles. The SMILES string of the molecule is C1=CC(c2cccc3c2sc2ccccc23)CC(c2ccc3ccc4cccnc4c3n2)=C1. The Hall–Kier alpha value is -3.82. The second-order valence-electron chi connectivity index (χ2n) is 8.62. The average molecular weight is 441 g/mol. The van der Waals surface area contributed by atoms with Gasteiger partial charge in [0.1, 0.15) is 0 Å². The van der Waals surface area contributed by atoms with E-state index in [0.29, 0.717) is 5.92 Å². The van der Waals surface area contributed by atoms with Gasteiger partial charge in [0.15, 0.2) is 0 Å². The van der Waals surface area contributed by atoms with E-state index in [4.69, 9.17) is 4.98 Å². The standard InChI is InChI=1S/C30H20N2S/c1-2-12-27-24(9-1)25-11-4-10-23(30(25)33-27)21-6-3-7-22(18-21)26-16-15-20-14-13-19-8-5-17-31-28(19)29(20)32-26/h1-17,21H,18H2. The van der Waals surface area contributed by atoms with Crippen LogP contribution in [0.4, 0.5) is 0 Å². The highest BCUT2D eigenvalue weighted by molar-refractivity contribution is 7.26. The van der Waals surface area contributed by atoms with Crippen LogP contribution in [0.2, 0.25) is 0 Å². The highest BCUT2D eigenvalue weighted by Gasteiger charge is 2.20. The molecule has 7 rings (SSSR count). The van der Waals surface area contributed by atoms with Gasteiger partial charge in [0.05, 0.1) is 16.7 Å². The summed E-state index contributed by atoms with van der Waals surface area (Å²) in [5, 5.41) is 4.97. The van der Waals surface area contributed by atoms with Crippen LogP contribution < -0.4 is 0 Å². The minimum Gasteiger partial charge on any atom is -0.254 e. The zero-order valence-corrected chi connectivity index (χ0v) is 18.7. The minimum atomic E-state index is 0.338. The third-order valence-corrected chi connectivity index (χ3v) is 7.91. The first-order chi connectivity index (χ1) is 16.3. The van der Waals surface area contributed by atoms with Gasteiger partial charge in [-0.25, -0.2) is 4.98 Å². The van der Waals surface area contributed by atoms with Crippen molar-refractivity contribution in [3.63, 3.8) is 0 Å². The van der Waals surface area contributed by atoms with Gasteiger partial charge in [-0.2, -0.15) is 0 Å². The van der Waals surface area contributed by atoms with E-state index < -0.39 is 0 Å². The van der Waals surface area contributed by atoms with Gasteiger partial charge in [-0.3, -0.25) is 4.98 Å². The fourth-order valence-corrected chi connectivity index (χ4v) is 6.33. The lowest BCUT2D eigenvalue weighted by molar-refractivity contribution is 0.874. The Morgan fingerprint density at radius 2 is 1.61 bits per heavy atom. The molecule has 1 aliphatic rings. The molecule has 0 saturated carbocycles. The molecule has 3 heteroatoms. The van der Waals surface area contributed by atoms with Crippen LogP contribution in [0.15, 0.2) is 103 Å². The molecular formula is C30H20N2S. The Balaban J connectivity index is 1.31. The van der Waals surface area contributed by atoms with Crippen molar-refractivity contribution in [2.45, 2.75) is 12.3 Å². The summed E-state index contributed by atoms with van der Waals surface area (Å²) < 4.78 is 2.75. The predicted molar refractivity (Wildman–Crippen MR) is 141 cm³/mol. The summed E-state index contributed by atoms with van der Waals surface area (Å²) in [6, 6.07) is 28.1. The van der Waals surface area contributed by atoms with Crippen LogP contribution in [0.1, 0.15) is 23.6 Å². The van der Waals surface area contributed by atoms with E-state index >= 15 is 0 Å². The van der Waals surface area contributed by atoms with Gasteiger partial charge in [-0.15, -0.1) is 11.3 Å². The van der Waals surface area contributed by atoms with E-state index in [1.54, 1.807) is 0 Å². The molecule has 0 saturated heterocycles. The Morgan fingerprint density at radius 3 is 2.58 bits per heavy atom. The molecule has 0 N–H and O–H groups in total. The molecular weight excluding hydrogens is 420 g/mol. The molecule has 0 radical (unpaired) electrons. The van der Waals surface area contributed by atoms with E-state index in [1.807, 2.05) is 23.6 Å². The summed E-state index contributed by atoms with van der Waals surface area (Å²) in [5.41, 5.74) is 5.66. The second kappa shape index (κ2) is 7.36. The molecule has 1 aliphatic carbocycles. The summed E-state index contributed by atoms with van der Waals surface area (Å²) >= 11 is 1.91. The van der Waals surface area contributed by atoms with Gasteiger partial charge in [0, 0.05) is 43.1 Å². The van der Waals surface area contributed by atoms with Crippen molar-refractivity contribution in [3.05, 3.63) is 115 Å². The smallest absolute Gasteiger partial charge is 0.0971 e. The van der Waals surface area contributed by atoms with Gasteiger partial charge in [0.2, 0.25) is 0 Å². The number of hydrogen-bond donors (Lipinski definition) is 0. The van der Waals surface area contributed by atoms with Crippen molar-refractivity contribution in [1.82, 2.24) is 9.97 Å². The lowest BCUT2D eigenvalue weighted by Crippen LogP contribution is -2.02. The molecule has 1 unspecified atom stereocenters. The lowest BCUT2D eigenvalue weighted by atomic mass is 9.86. The van der Waals surface area contributed by atoms with Crippen molar-refractivity contribution >= 4 is 58.9 Å². The quantitative estimate of drug-likeness (QED) is 0.253. The molecule has 0 fully saturated rings. The summed E-state index contributed by atoms with van der Waals surface area (Å²) in [6.07, 6.45) is 9.54. The summed E-state index contributed by atoms with van der Waals surface area (Å²) in [4.78, 5) is 9.71. The molecule has 3 aromatic heterocycles. The van der Waals surface area contributed by atoms with Crippen molar-refractivity contribution in [2.24, 2.45) is 0 Å². The van der Waals surface area contributed by atoms with Crippen molar-refractivity contribution in [3.8, 4) is 0 Å². The highest BCUT2D eigenvalue weighted by atomic mass is 32.1. The third-order valence-electron chi connectivity index (χ3n) is 6.68. The zero-order chi connectivity index (χ0) is 21.8. The molecule has 0 bridgehead atoms. The molecule has 156 valence electrons. The van der Waals surface area contributed by atoms with Crippen LogP contribution in [-0.4, -0.2) is 9.97 Å². The molecule has 0 spiro atoms. The summed E-state index contributed by atoms with van der Waals surface area (Å²) in [6.45, 7) is 0. The van der Waals surface area contributed by atoms with Crippen molar-refractivity contribution in [2.75, 3.05) is 0 Å². The van der Waals surface area contributed by atoms with Crippen LogP contribution in [0.5, 0.6) is 0 Å². The number of nitrogens with zero attached hydrogens (tertiary/aromatic N) is 2. The zero-order valence-electron chi connectivity index (χ0n) is 17.9. The first-order valence-electron chi connectivity index (χ1n) is 11.3. The monoisotopic (exact) mass is 440 g/mol. The van der Waals surface area contributed by atoms with E-state index in [2.05, 4.69) is 96.0 Å². The predicted octanol–water partition coefficient (Wildman–Crippen LogP) is 8.28. The maximum atomic E-state index is 5.09. The highest BCUT2D eigenvalue weighted by Crippen LogP contribution is 2.42. The van der Waals surface area contributed by atoms with Crippen LogP contribution in [0.3, 0.4) is 0 Å². The molecule has 3 aromatic carbocycles. The number of thiophene rings is 1. The first kappa shape index (κ1) is 18.7. The molecule has 0 aliphatic heterocycles. The second-order valence-corrected chi connectivity index (χ2v) is 9.67. The number of pyridine rings is 2. The van der Waals surface area contributed by atoms with Crippen LogP contribution in [-0.2, 0) is 0 Å². The fraction of sp³-hybridized carbons (Fsp3) is 0.0667. The van der Waals surface area contributed by atoms with Crippen LogP contribution in [0.25, 0.3) is 47.6 Å². The number of fused-ring (bicyclic) bond motifs is 6. The van der Waals surface area contributed by atoms with E-state index in [-0.39, 0.29) is 0 Å². The van der Waals surface area contributed by atoms with Crippen molar-refractivity contribution in [1.29, 1.82) is 0 Å². The normalized spacial score (nSPS) is 16.1. The summed E-state index contributed by atoms with van der Waals surface area (Å²) in [7, 11) is 0. The largest absolute Gasteiger partial charge is 0.254 e. The molecule has 2 nitrogen and oxygen atoms in total. The fourth-order valence-electron chi connectivity index (χ4n) is 5.05. The summed E-state index contributed by atoms with van der Waals surface area (Å²) in [5.74, 6) is 0.338. The number of aromatic nitrogens is 2. The van der Waals surface area contributed by atoms with Gasteiger partial charge in [0.25, 0.3) is 0 Å². The number of rotatable bonds is 2. The Labute approximate surface area is 195 Å². The van der Waals surface area contributed by atoms with Gasteiger partial charge in [-0.1, -0.05) is 78.9 Å². The van der Waals surface area contributed by atoms with E-state index in [1.165, 1.54) is 31.3 Å². The number of benzene rings is 3. The Bertz CT molecular complexity index is 1760. The van der Waals surface area contributed by atoms with Crippen LogP contribution in [0, 0.1) is 0 Å². The van der Waals surface area contributed by atoms with Crippen molar-refractivity contribution < 1.29 is 0 Å². The minimum absolute atomic E-state index is 0.338. The lowest BCUT2D eigenvalue weighted by Gasteiger charge is -2.20. The Morgan fingerprint density at radius 1 is 0.758 bits per heavy atom. The number of hydrogen-bond acceptors (Lipinski definition) is 3. The van der Waals surface area contributed by atoms with E-state index in [0.717, 1.165) is 33.9 Å².